The maximum absolute atomic E-state index is 5.39. The fourth-order valence-electron chi connectivity index (χ4n) is 3.35. The van der Waals surface area contributed by atoms with Crippen molar-refractivity contribution in [2.24, 2.45) is 5.92 Å². The van der Waals surface area contributed by atoms with Gasteiger partial charge in [-0.15, -0.1) is 10.2 Å². The van der Waals surface area contributed by atoms with E-state index < -0.39 is 0 Å². The van der Waals surface area contributed by atoms with Crippen LogP contribution in [0.25, 0.3) is 10.7 Å². The minimum absolute atomic E-state index is 0.301. The summed E-state index contributed by atoms with van der Waals surface area (Å²) in [6.07, 6.45) is 2.89. The monoisotopic (exact) mass is 352 g/mol. The lowest BCUT2D eigenvalue weighted by Gasteiger charge is -2.24. The molecule has 0 aliphatic carbocycles. The first-order chi connectivity index (χ1) is 12.2. The normalized spacial score (nSPS) is 20.0. The van der Waals surface area contributed by atoms with Gasteiger partial charge in [0.1, 0.15) is 11.4 Å². The Hall–Kier alpha value is -2.47. The summed E-state index contributed by atoms with van der Waals surface area (Å²) in [4.78, 5) is 6.74. The van der Waals surface area contributed by atoms with Crippen molar-refractivity contribution in [1.82, 2.24) is 15.2 Å². The number of rotatable bonds is 4. The predicted molar refractivity (Wildman–Crippen MR) is 100 cm³/mol. The molecule has 1 aliphatic rings. The Labute approximate surface area is 151 Å². The van der Waals surface area contributed by atoms with Gasteiger partial charge in [0.05, 0.1) is 13.2 Å². The van der Waals surface area contributed by atoms with Crippen LogP contribution in [0.15, 0.2) is 48.7 Å². The van der Waals surface area contributed by atoms with Gasteiger partial charge in [-0.25, -0.2) is 0 Å². The van der Waals surface area contributed by atoms with E-state index in [-0.39, 0.29) is 0 Å². The van der Waals surface area contributed by atoms with Gasteiger partial charge in [0, 0.05) is 12.7 Å². The van der Waals surface area contributed by atoms with Crippen molar-refractivity contribution >= 4 is 16.5 Å². The molecule has 6 heteroatoms. The molecule has 3 aromatic rings. The molecular formula is C19H20N4OS. The number of aromatic nitrogens is 3. The summed E-state index contributed by atoms with van der Waals surface area (Å²) in [5, 5.41) is 10.6. The van der Waals surface area contributed by atoms with E-state index in [0.29, 0.717) is 12.0 Å². The first-order valence-electron chi connectivity index (χ1n) is 8.40. The molecule has 1 aromatic carbocycles. The minimum atomic E-state index is 0.301. The SMILES string of the molecule is COc1cccc([C@H]2C[C@@H](C)CN2c2nnc(-c3ccccn3)s2)c1. The molecule has 0 saturated carbocycles. The quantitative estimate of drug-likeness (QED) is 0.704. The highest BCUT2D eigenvalue weighted by atomic mass is 32.1. The number of anilines is 1. The van der Waals surface area contributed by atoms with Crippen molar-refractivity contribution in [3.63, 3.8) is 0 Å². The Morgan fingerprint density at radius 2 is 2.08 bits per heavy atom. The van der Waals surface area contributed by atoms with Crippen LogP contribution in [0.2, 0.25) is 0 Å². The standard InChI is InChI=1S/C19H20N4OS/c1-13-10-17(14-6-5-7-15(11-14)24-2)23(12-13)19-22-21-18(25-19)16-8-3-4-9-20-16/h3-9,11,13,17H,10,12H2,1-2H3/t13-,17-/m1/s1. The molecule has 2 aromatic heterocycles. The molecule has 0 unspecified atom stereocenters. The number of nitrogens with zero attached hydrogens (tertiary/aromatic N) is 4. The minimum Gasteiger partial charge on any atom is -0.497 e. The van der Waals surface area contributed by atoms with E-state index in [0.717, 1.165) is 34.5 Å². The fourth-order valence-corrected chi connectivity index (χ4v) is 4.23. The Morgan fingerprint density at radius 1 is 1.16 bits per heavy atom. The van der Waals surface area contributed by atoms with Crippen LogP contribution in [0.5, 0.6) is 5.75 Å². The molecule has 1 saturated heterocycles. The number of methoxy groups -OCH3 is 1. The second-order valence-electron chi connectivity index (χ2n) is 6.39. The van der Waals surface area contributed by atoms with E-state index in [1.165, 1.54) is 5.56 Å². The number of benzene rings is 1. The van der Waals surface area contributed by atoms with Gasteiger partial charge in [0.25, 0.3) is 0 Å². The zero-order chi connectivity index (χ0) is 17.2. The molecule has 0 radical (unpaired) electrons. The first kappa shape index (κ1) is 16.0. The van der Waals surface area contributed by atoms with Crippen LogP contribution in [0, 0.1) is 5.92 Å². The van der Waals surface area contributed by atoms with Crippen LogP contribution in [0.4, 0.5) is 5.13 Å². The van der Waals surface area contributed by atoms with Gasteiger partial charge in [-0.3, -0.25) is 4.98 Å². The van der Waals surface area contributed by atoms with Crippen LogP contribution in [0.1, 0.15) is 24.9 Å². The van der Waals surface area contributed by atoms with Crippen LogP contribution in [-0.2, 0) is 0 Å². The van der Waals surface area contributed by atoms with Crippen molar-refractivity contribution in [2.45, 2.75) is 19.4 Å². The molecule has 0 spiro atoms. The van der Waals surface area contributed by atoms with Crippen molar-refractivity contribution in [3.05, 3.63) is 54.2 Å². The van der Waals surface area contributed by atoms with E-state index >= 15 is 0 Å². The van der Waals surface area contributed by atoms with Gasteiger partial charge < -0.3 is 9.64 Å². The van der Waals surface area contributed by atoms with Crippen molar-refractivity contribution in [1.29, 1.82) is 0 Å². The third-order valence-corrected chi connectivity index (χ3v) is 5.52. The maximum atomic E-state index is 5.39. The Balaban J connectivity index is 1.65. The van der Waals surface area contributed by atoms with Gasteiger partial charge in [-0.05, 0) is 42.2 Å². The molecule has 1 aliphatic heterocycles. The summed E-state index contributed by atoms with van der Waals surface area (Å²) in [5.41, 5.74) is 2.13. The number of hydrogen-bond donors (Lipinski definition) is 0. The lowest BCUT2D eigenvalue weighted by molar-refractivity contribution is 0.413. The lowest BCUT2D eigenvalue weighted by atomic mass is 10.0. The van der Waals surface area contributed by atoms with E-state index in [9.17, 15) is 0 Å². The Bertz CT molecular complexity index is 851. The van der Waals surface area contributed by atoms with Gasteiger partial charge >= 0.3 is 0 Å². The molecule has 0 N–H and O–H groups in total. The molecule has 25 heavy (non-hydrogen) atoms. The molecule has 3 heterocycles. The zero-order valence-electron chi connectivity index (χ0n) is 14.3. The maximum Gasteiger partial charge on any atom is 0.209 e. The summed E-state index contributed by atoms with van der Waals surface area (Å²) in [6.45, 7) is 3.27. The summed E-state index contributed by atoms with van der Waals surface area (Å²) >= 11 is 1.60. The van der Waals surface area contributed by atoms with Crippen molar-refractivity contribution in [2.75, 3.05) is 18.6 Å². The molecule has 0 amide bonds. The van der Waals surface area contributed by atoms with Crippen LogP contribution in [-0.4, -0.2) is 28.8 Å². The molecule has 1 fully saturated rings. The molecule has 4 rings (SSSR count). The summed E-state index contributed by atoms with van der Waals surface area (Å²) in [6, 6.07) is 14.5. The van der Waals surface area contributed by atoms with Crippen molar-refractivity contribution in [3.8, 4) is 16.5 Å². The smallest absolute Gasteiger partial charge is 0.209 e. The fraction of sp³-hybridized carbons (Fsp3) is 0.316. The summed E-state index contributed by atoms with van der Waals surface area (Å²) < 4.78 is 5.39. The second-order valence-corrected chi connectivity index (χ2v) is 7.35. The average Bonchev–Trinajstić information content (AvgIpc) is 3.29. The van der Waals surface area contributed by atoms with Gasteiger partial charge in [-0.2, -0.15) is 0 Å². The number of pyridine rings is 1. The van der Waals surface area contributed by atoms with Gasteiger partial charge in [0.2, 0.25) is 5.13 Å². The van der Waals surface area contributed by atoms with Gasteiger partial charge in [0.15, 0.2) is 5.01 Å². The van der Waals surface area contributed by atoms with E-state index in [1.54, 1.807) is 24.6 Å². The Morgan fingerprint density at radius 3 is 2.88 bits per heavy atom. The predicted octanol–water partition coefficient (Wildman–Crippen LogP) is 4.20. The highest BCUT2D eigenvalue weighted by Crippen LogP contribution is 2.41. The highest BCUT2D eigenvalue weighted by Gasteiger charge is 2.33. The molecule has 2 atom stereocenters. The first-order valence-corrected chi connectivity index (χ1v) is 9.21. The number of ether oxygens (including phenoxy) is 1. The topological polar surface area (TPSA) is 51.1 Å². The third kappa shape index (κ3) is 3.22. The molecule has 0 bridgehead atoms. The van der Waals surface area contributed by atoms with E-state index in [1.807, 2.05) is 24.3 Å². The number of hydrogen-bond acceptors (Lipinski definition) is 6. The van der Waals surface area contributed by atoms with Crippen LogP contribution >= 0.6 is 11.3 Å². The Kier molecular flexibility index (Phi) is 4.36. The van der Waals surface area contributed by atoms with Gasteiger partial charge in [-0.1, -0.05) is 36.5 Å². The van der Waals surface area contributed by atoms with Crippen LogP contribution < -0.4 is 9.64 Å². The third-order valence-electron chi connectivity index (χ3n) is 4.53. The highest BCUT2D eigenvalue weighted by molar-refractivity contribution is 7.18. The van der Waals surface area contributed by atoms with E-state index in [2.05, 4.69) is 45.2 Å². The van der Waals surface area contributed by atoms with E-state index in [4.69, 9.17) is 4.74 Å². The summed E-state index contributed by atoms with van der Waals surface area (Å²) in [5.74, 6) is 1.50. The molecular weight excluding hydrogens is 332 g/mol. The second kappa shape index (κ2) is 6.80. The summed E-state index contributed by atoms with van der Waals surface area (Å²) in [7, 11) is 1.71. The zero-order valence-corrected chi connectivity index (χ0v) is 15.1. The lowest BCUT2D eigenvalue weighted by Crippen LogP contribution is -2.23. The largest absolute Gasteiger partial charge is 0.497 e. The van der Waals surface area contributed by atoms with Crippen molar-refractivity contribution < 1.29 is 4.74 Å². The molecule has 128 valence electrons. The molecule has 5 nitrogen and oxygen atoms in total. The van der Waals surface area contributed by atoms with Crippen LogP contribution in [0.3, 0.4) is 0 Å². The average molecular weight is 352 g/mol.